The molecule has 0 radical (unpaired) electrons. The van der Waals surface area contributed by atoms with Crippen molar-refractivity contribution in [2.75, 3.05) is 23.7 Å². The van der Waals surface area contributed by atoms with E-state index < -0.39 is 0 Å². The van der Waals surface area contributed by atoms with Crippen molar-refractivity contribution in [3.8, 4) is 0 Å². The van der Waals surface area contributed by atoms with Crippen molar-refractivity contribution >= 4 is 23.4 Å². The van der Waals surface area contributed by atoms with E-state index in [-0.39, 0.29) is 5.91 Å². The summed E-state index contributed by atoms with van der Waals surface area (Å²) < 4.78 is 0. The van der Waals surface area contributed by atoms with Gasteiger partial charge in [0, 0.05) is 29.7 Å². The number of amides is 1. The molecule has 2 aliphatic rings. The second kappa shape index (κ2) is 6.64. The molecule has 3 rings (SSSR count). The van der Waals surface area contributed by atoms with Gasteiger partial charge in [-0.15, -0.1) is 11.8 Å². The molecule has 0 bridgehead atoms. The van der Waals surface area contributed by atoms with E-state index >= 15 is 0 Å². The molecule has 1 saturated heterocycles. The summed E-state index contributed by atoms with van der Waals surface area (Å²) in [4.78, 5) is 15.6. The second-order valence-electron chi connectivity index (χ2n) is 5.55. The fourth-order valence-electron chi connectivity index (χ4n) is 3.02. The SMILES string of the molecule is O=C1CCSc2ccccc2N1CCC1CCCCN1. The maximum Gasteiger partial charge on any atom is 0.227 e. The van der Waals surface area contributed by atoms with Crippen molar-refractivity contribution < 1.29 is 4.79 Å². The Morgan fingerprint density at radius 1 is 1.30 bits per heavy atom. The molecule has 1 aromatic carbocycles. The second-order valence-corrected chi connectivity index (χ2v) is 6.68. The van der Waals surface area contributed by atoms with Crippen LogP contribution in [0.5, 0.6) is 0 Å². The lowest BCUT2D eigenvalue weighted by atomic mass is 10.0. The lowest BCUT2D eigenvalue weighted by Gasteiger charge is -2.28. The van der Waals surface area contributed by atoms with Crippen molar-refractivity contribution in [3.05, 3.63) is 24.3 Å². The third-order valence-corrected chi connectivity index (χ3v) is 5.21. The lowest BCUT2D eigenvalue weighted by molar-refractivity contribution is -0.118. The normalized spacial score (nSPS) is 23.3. The Morgan fingerprint density at radius 2 is 2.20 bits per heavy atom. The molecule has 20 heavy (non-hydrogen) atoms. The zero-order chi connectivity index (χ0) is 13.8. The summed E-state index contributed by atoms with van der Waals surface area (Å²) in [7, 11) is 0. The predicted molar refractivity (Wildman–Crippen MR) is 84.4 cm³/mol. The molecule has 1 unspecified atom stereocenters. The standard InChI is InChI=1S/C16H22N2OS/c19-16-9-12-20-15-7-2-1-6-14(15)18(16)11-8-13-5-3-4-10-17-13/h1-2,6-7,13,17H,3-5,8-12H2. The summed E-state index contributed by atoms with van der Waals surface area (Å²) in [6.07, 6.45) is 5.57. The molecule has 1 atom stereocenters. The van der Waals surface area contributed by atoms with Crippen LogP contribution in [0.4, 0.5) is 5.69 Å². The summed E-state index contributed by atoms with van der Waals surface area (Å²) in [5.41, 5.74) is 1.11. The van der Waals surface area contributed by atoms with Gasteiger partial charge in [0.2, 0.25) is 5.91 Å². The number of piperidine rings is 1. The Bertz CT molecular complexity index is 471. The first-order valence-corrected chi connectivity index (χ1v) is 8.59. The third kappa shape index (κ3) is 3.18. The minimum Gasteiger partial charge on any atom is -0.314 e. The summed E-state index contributed by atoms with van der Waals surface area (Å²) in [5, 5.41) is 3.57. The zero-order valence-electron chi connectivity index (χ0n) is 11.8. The Morgan fingerprint density at radius 3 is 3.05 bits per heavy atom. The van der Waals surface area contributed by atoms with E-state index in [0.717, 1.165) is 31.0 Å². The molecular weight excluding hydrogens is 268 g/mol. The number of hydrogen-bond donors (Lipinski definition) is 1. The first kappa shape index (κ1) is 14.0. The van der Waals surface area contributed by atoms with Crippen LogP contribution in [0.15, 0.2) is 29.2 Å². The van der Waals surface area contributed by atoms with Gasteiger partial charge >= 0.3 is 0 Å². The van der Waals surface area contributed by atoms with Crippen LogP contribution >= 0.6 is 11.8 Å². The molecule has 108 valence electrons. The summed E-state index contributed by atoms with van der Waals surface area (Å²) in [6, 6.07) is 8.89. The molecule has 1 amide bonds. The Kier molecular flexibility index (Phi) is 4.63. The van der Waals surface area contributed by atoms with E-state index in [1.54, 1.807) is 11.8 Å². The first-order valence-electron chi connectivity index (χ1n) is 7.60. The molecule has 0 spiro atoms. The number of hydrogen-bond acceptors (Lipinski definition) is 3. The number of benzene rings is 1. The van der Waals surface area contributed by atoms with Gasteiger partial charge in [-0.3, -0.25) is 4.79 Å². The highest BCUT2D eigenvalue weighted by atomic mass is 32.2. The highest BCUT2D eigenvalue weighted by Gasteiger charge is 2.23. The summed E-state index contributed by atoms with van der Waals surface area (Å²) >= 11 is 1.80. The smallest absolute Gasteiger partial charge is 0.227 e. The van der Waals surface area contributed by atoms with Crippen LogP contribution in [0.3, 0.4) is 0 Å². The molecule has 4 heteroatoms. The van der Waals surface area contributed by atoms with Gasteiger partial charge in [-0.25, -0.2) is 0 Å². The Balaban J connectivity index is 1.71. The molecule has 0 saturated carbocycles. The first-order chi connectivity index (χ1) is 9.84. The van der Waals surface area contributed by atoms with E-state index in [4.69, 9.17) is 0 Å². The maximum absolute atomic E-state index is 12.3. The van der Waals surface area contributed by atoms with Crippen molar-refractivity contribution in [3.63, 3.8) is 0 Å². The van der Waals surface area contributed by atoms with Gasteiger partial charge in [0.25, 0.3) is 0 Å². The molecule has 1 N–H and O–H groups in total. The van der Waals surface area contributed by atoms with Crippen LogP contribution in [-0.2, 0) is 4.79 Å². The highest BCUT2D eigenvalue weighted by molar-refractivity contribution is 7.99. The zero-order valence-corrected chi connectivity index (χ0v) is 12.6. The largest absolute Gasteiger partial charge is 0.314 e. The fraction of sp³-hybridized carbons (Fsp3) is 0.562. The molecule has 0 aromatic heterocycles. The van der Waals surface area contributed by atoms with Gasteiger partial charge in [0.15, 0.2) is 0 Å². The molecule has 3 nitrogen and oxygen atoms in total. The molecular formula is C16H22N2OS. The summed E-state index contributed by atoms with van der Waals surface area (Å²) in [6.45, 7) is 1.97. The van der Waals surface area contributed by atoms with Crippen molar-refractivity contribution in [1.29, 1.82) is 0 Å². The quantitative estimate of drug-likeness (QED) is 0.928. The van der Waals surface area contributed by atoms with E-state index in [1.807, 2.05) is 11.0 Å². The maximum atomic E-state index is 12.3. The molecule has 1 fully saturated rings. The average Bonchev–Trinajstić information content (AvgIpc) is 2.65. The van der Waals surface area contributed by atoms with Gasteiger partial charge in [0.1, 0.15) is 0 Å². The predicted octanol–water partition coefficient (Wildman–Crippen LogP) is 3.05. The molecule has 2 aliphatic heterocycles. The van der Waals surface area contributed by atoms with Crippen molar-refractivity contribution in [2.24, 2.45) is 0 Å². The Hall–Kier alpha value is -1.00. The van der Waals surface area contributed by atoms with E-state index in [9.17, 15) is 4.79 Å². The Labute approximate surface area is 125 Å². The number of nitrogens with one attached hydrogen (secondary N) is 1. The van der Waals surface area contributed by atoms with Gasteiger partial charge in [-0.2, -0.15) is 0 Å². The minimum atomic E-state index is 0.276. The van der Waals surface area contributed by atoms with Gasteiger partial charge in [0.05, 0.1) is 5.69 Å². The fourth-order valence-corrected chi connectivity index (χ4v) is 4.02. The minimum absolute atomic E-state index is 0.276. The number of para-hydroxylation sites is 1. The monoisotopic (exact) mass is 290 g/mol. The summed E-state index contributed by atoms with van der Waals surface area (Å²) in [5.74, 6) is 1.17. The van der Waals surface area contributed by atoms with E-state index in [0.29, 0.717) is 12.5 Å². The van der Waals surface area contributed by atoms with Gasteiger partial charge in [-0.05, 0) is 37.9 Å². The molecule has 2 heterocycles. The number of carbonyl (C=O) groups excluding carboxylic acids is 1. The van der Waals surface area contributed by atoms with Crippen molar-refractivity contribution in [2.45, 2.75) is 43.0 Å². The van der Waals surface area contributed by atoms with E-state index in [2.05, 4.69) is 23.5 Å². The lowest BCUT2D eigenvalue weighted by Crippen LogP contribution is -2.39. The van der Waals surface area contributed by atoms with Crippen LogP contribution in [0, 0.1) is 0 Å². The molecule has 0 aliphatic carbocycles. The number of thioether (sulfide) groups is 1. The van der Waals surface area contributed by atoms with Crippen LogP contribution < -0.4 is 10.2 Å². The van der Waals surface area contributed by atoms with Crippen LogP contribution in [-0.4, -0.2) is 30.8 Å². The van der Waals surface area contributed by atoms with Crippen molar-refractivity contribution in [1.82, 2.24) is 5.32 Å². The number of carbonyl (C=O) groups is 1. The van der Waals surface area contributed by atoms with Gasteiger partial charge < -0.3 is 10.2 Å². The van der Waals surface area contributed by atoms with Gasteiger partial charge in [-0.1, -0.05) is 18.6 Å². The number of anilines is 1. The molecule has 1 aromatic rings. The topological polar surface area (TPSA) is 32.3 Å². The van der Waals surface area contributed by atoms with Crippen LogP contribution in [0.25, 0.3) is 0 Å². The third-order valence-electron chi connectivity index (χ3n) is 4.14. The highest BCUT2D eigenvalue weighted by Crippen LogP contribution is 2.34. The number of nitrogens with zero attached hydrogens (tertiary/aromatic N) is 1. The van der Waals surface area contributed by atoms with E-state index in [1.165, 1.54) is 24.2 Å². The number of fused-ring (bicyclic) bond motifs is 1. The van der Waals surface area contributed by atoms with Crippen LogP contribution in [0.2, 0.25) is 0 Å². The average molecular weight is 290 g/mol. The van der Waals surface area contributed by atoms with Crippen LogP contribution in [0.1, 0.15) is 32.1 Å². The number of rotatable bonds is 3.